The van der Waals surface area contributed by atoms with Gasteiger partial charge in [0.15, 0.2) is 0 Å². The summed E-state index contributed by atoms with van der Waals surface area (Å²) in [6, 6.07) is 9.88. The number of tetrazole rings is 1. The lowest BCUT2D eigenvalue weighted by Crippen LogP contribution is -2.33. The van der Waals surface area contributed by atoms with E-state index in [0.29, 0.717) is 23.5 Å². The molecule has 1 amide bonds. The van der Waals surface area contributed by atoms with E-state index in [1.165, 1.54) is 23.1 Å². The Morgan fingerprint density at radius 1 is 1.16 bits per heavy atom. The first-order chi connectivity index (χ1) is 15.6. The third-order valence-corrected chi connectivity index (χ3v) is 6.55. The van der Waals surface area contributed by atoms with Gasteiger partial charge in [0.25, 0.3) is 5.89 Å². The molecule has 0 spiro atoms. The number of thiophene rings is 1. The quantitative estimate of drug-likeness (QED) is 0.340. The van der Waals surface area contributed by atoms with E-state index in [2.05, 4.69) is 25.7 Å². The van der Waals surface area contributed by atoms with Crippen LogP contribution in [0.4, 0.5) is 0 Å². The fourth-order valence-electron chi connectivity index (χ4n) is 3.31. The minimum Gasteiger partial charge on any atom is -0.418 e. The van der Waals surface area contributed by atoms with E-state index in [9.17, 15) is 4.79 Å². The number of hydrogen-bond donors (Lipinski definition) is 0. The van der Waals surface area contributed by atoms with E-state index in [4.69, 9.17) is 4.42 Å². The molecule has 9 nitrogen and oxygen atoms in total. The maximum absolute atomic E-state index is 13.0. The maximum Gasteiger partial charge on any atom is 0.257 e. The Labute approximate surface area is 193 Å². The van der Waals surface area contributed by atoms with Gasteiger partial charge in [0.05, 0.1) is 22.9 Å². The number of aryl methyl sites for hydroxylation is 2. The van der Waals surface area contributed by atoms with Crippen molar-refractivity contribution >= 4 is 29.0 Å². The molecule has 0 saturated carbocycles. The SMILES string of the molecule is CCCN(Cc1nnc(-c2cccs2)o1)C(=O)CSc1nnnn1-c1c(C)cccc1C. The van der Waals surface area contributed by atoms with Crippen LogP contribution in [0.3, 0.4) is 0 Å². The summed E-state index contributed by atoms with van der Waals surface area (Å²) in [5.41, 5.74) is 3.07. The number of thioether (sulfide) groups is 1. The van der Waals surface area contributed by atoms with Crippen LogP contribution in [0.15, 0.2) is 45.3 Å². The number of aromatic nitrogens is 6. The molecule has 0 aliphatic rings. The molecule has 0 saturated heterocycles. The van der Waals surface area contributed by atoms with Gasteiger partial charge in [-0.05, 0) is 53.3 Å². The van der Waals surface area contributed by atoms with Crippen molar-refractivity contribution in [2.75, 3.05) is 12.3 Å². The van der Waals surface area contributed by atoms with Gasteiger partial charge in [-0.2, -0.15) is 4.68 Å². The van der Waals surface area contributed by atoms with Gasteiger partial charge in [-0.3, -0.25) is 4.79 Å². The van der Waals surface area contributed by atoms with Crippen molar-refractivity contribution < 1.29 is 9.21 Å². The third-order valence-electron chi connectivity index (χ3n) is 4.79. The molecule has 4 rings (SSSR count). The van der Waals surface area contributed by atoms with Crippen molar-refractivity contribution in [2.45, 2.75) is 38.9 Å². The molecule has 0 unspecified atom stereocenters. The number of benzene rings is 1. The van der Waals surface area contributed by atoms with Crippen molar-refractivity contribution in [2.24, 2.45) is 0 Å². The van der Waals surface area contributed by atoms with Crippen LogP contribution in [0.1, 0.15) is 30.4 Å². The van der Waals surface area contributed by atoms with Gasteiger partial charge in [-0.15, -0.1) is 26.6 Å². The number of hydrogen-bond acceptors (Lipinski definition) is 9. The average molecular weight is 470 g/mol. The first-order valence-electron chi connectivity index (χ1n) is 10.2. The fraction of sp³-hybridized carbons (Fsp3) is 0.333. The number of amides is 1. The smallest absolute Gasteiger partial charge is 0.257 e. The molecule has 0 radical (unpaired) electrons. The topological polar surface area (TPSA) is 103 Å². The van der Waals surface area contributed by atoms with Gasteiger partial charge in [0.1, 0.15) is 0 Å². The average Bonchev–Trinajstić information content (AvgIpc) is 3.53. The predicted molar refractivity (Wildman–Crippen MR) is 123 cm³/mol. The van der Waals surface area contributed by atoms with Crippen molar-refractivity contribution in [1.82, 2.24) is 35.3 Å². The second-order valence-electron chi connectivity index (χ2n) is 7.20. The standard InChI is InChI=1S/C21H23N7O2S2/c1-4-10-27(12-17-22-23-20(30-17)16-9-6-11-31-16)18(29)13-32-21-24-25-26-28(21)19-14(2)7-5-8-15(19)3/h5-9,11H,4,10,12-13H2,1-3H3. The molecule has 0 bridgehead atoms. The van der Waals surface area contributed by atoms with Crippen LogP contribution >= 0.6 is 23.1 Å². The van der Waals surface area contributed by atoms with Crippen LogP contribution in [0, 0.1) is 13.8 Å². The van der Waals surface area contributed by atoms with Gasteiger partial charge in [0, 0.05) is 6.54 Å². The molecule has 166 valence electrons. The van der Waals surface area contributed by atoms with Crippen molar-refractivity contribution in [3.05, 3.63) is 52.7 Å². The lowest BCUT2D eigenvalue weighted by atomic mass is 10.1. The van der Waals surface area contributed by atoms with E-state index in [-0.39, 0.29) is 18.2 Å². The number of para-hydroxylation sites is 1. The predicted octanol–water partition coefficient (Wildman–Crippen LogP) is 3.92. The van der Waals surface area contributed by atoms with Crippen molar-refractivity contribution in [3.8, 4) is 16.5 Å². The molecule has 4 aromatic rings. The molecule has 0 fully saturated rings. The van der Waals surface area contributed by atoms with E-state index in [0.717, 1.165) is 28.1 Å². The minimum absolute atomic E-state index is 0.0382. The van der Waals surface area contributed by atoms with Gasteiger partial charge in [0.2, 0.25) is 17.0 Å². The number of carbonyl (C=O) groups excluding carboxylic acids is 1. The number of rotatable bonds is 9. The molecule has 0 atom stereocenters. The highest BCUT2D eigenvalue weighted by Gasteiger charge is 2.20. The second-order valence-corrected chi connectivity index (χ2v) is 9.09. The summed E-state index contributed by atoms with van der Waals surface area (Å²) < 4.78 is 7.45. The normalized spacial score (nSPS) is 11.1. The highest BCUT2D eigenvalue weighted by molar-refractivity contribution is 7.99. The third kappa shape index (κ3) is 4.89. The van der Waals surface area contributed by atoms with Crippen LogP contribution < -0.4 is 0 Å². The summed E-state index contributed by atoms with van der Waals surface area (Å²) in [7, 11) is 0. The van der Waals surface area contributed by atoms with Crippen LogP contribution in [-0.4, -0.2) is 53.5 Å². The molecule has 3 aromatic heterocycles. The molecule has 32 heavy (non-hydrogen) atoms. The van der Waals surface area contributed by atoms with E-state index in [1.807, 2.05) is 56.5 Å². The van der Waals surface area contributed by atoms with Crippen molar-refractivity contribution in [1.29, 1.82) is 0 Å². The molecular weight excluding hydrogens is 446 g/mol. The van der Waals surface area contributed by atoms with Crippen molar-refractivity contribution in [3.63, 3.8) is 0 Å². The Hall–Kier alpha value is -3.05. The highest BCUT2D eigenvalue weighted by atomic mass is 32.2. The largest absolute Gasteiger partial charge is 0.418 e. The Morgan fingerprint density at radius 2 is 1.97 bits per heavy atom. The minimum atomic E-state index is -0.0382. The zero-order valence-electron chi connectivity index (χ0n) is 18.1. The number of carbonyl (C=O) groups is 1. The summed E-state index contributed by atoms with van der Waals surface area (Å²) in [5.74, 6) is 1.06. The van der Waals surface area contributed by atoms with E-state index < -0.39 is 0 Å². The first-order valence-corrected chi connectivity index (χ1v) is 12.0. The molecule has 0 aliphatic heterocycles. The molecule has 11 heteroatoms. The van der Waals surface area contributed by atoms with Gasteiger partial charge in [-0.25, -0.2) is 0 Å². The summed E-state index contributed by atoms with van der Waals surface area (Å²) >= 11 is 2.84. The van der Waals surface area contributed by atoms with E-state index >= 15 is 0 Å². The monoisotopic (exact) mass is 469 g/mol. The molecule has 0 aliphatic carbocycles. The van der Waals surface area contributed by atoms with Crippen LogP contribution in [0.25, 0.3) is 16.5 Å². The molecule has 0 N–H and O–H groups in total. The Morgan fingerprint density at radius 3 is 2.69 bits per heavy atom. The number of nitrogens with zero attached hydrogens (tertiary/aromatic N) is 7. The van der Waals surface area contributed by atoms with Gasteiger partial charge < -0.3 is 9.32 Å². The zero-order valence-corrected chi connectivity index (χ0v) is 19.7. The summed E-state index contributed by atoms with van der Waals surface area (Å²) in [5, 5.41) is 22.8. The molecule has 1 aromatic carbocycles. The van der Waals surface area contributed by atoms with Crippen LogP contribution in [0.2, 0.25) is 0 Å². The molecular formula is C21H23N7O2S2. The Kier molecular flexibility index (Phi) is 6.96. The lowest BCUT2D eigenvalue weighted by Gasteiger charge is -2.20. The second kappa shape index (κ2) is 10.0. The van der Waals surface area contributed by atoms with Gasteiger partial charge in [-0.1, -0.05) is 43.0 Å². The Bertz CT molecular complexity index is 1170. The first kappa shape index (κ1) is 22.2. The fourth-order valence-corrected chi connectivity index (χ4v) is 4.73. The highest BCUT2D eigenvalue weighted by Crippen LogP contribution is 2.25. The summed E-state index contributed by atoms with van der Waals surface area (Å²) in [6.45, 7) is 6.92. The van der Waals surface area contributed by atoms with Gasteiger partial charge >= 0.3 is 0 Å². The maximum atomic E-state index is 13.0. The summed E-state index contributed by atoms with van der Waals surface area (Å²) in [6.07, 6.45) is 0.822. The molecule has 3 heterocycles. The van der Waals surface area contributed by atoms with Crippen LogP contribution in [-0.2, 0) is 11.3 Å². The van der Waals surface area contributed by atoms with Crippen LogP contribution in [0.5, 0.6) is 0 Å². The lowest BCUT2D eigenvalue weighted by molar-refractivity contribution is -0.129. The Balaban J connectivity index is 1.44. The summed E-state index contributed by atoms with van der Waals surface area (Å²) in [4.78, 5) is 15.6. The van der Waals surface area contributed by atoms with E-state index in [1.54, 1.807) is 9.58 Å². The zero-order chi connectivity index (χ0) is 22.5.